The molecule has 6 nitrogen and oxygen atoms in total. The number of carbonyl (C=O) groups excluding carboxylic acids is 3. The van der Waals surface area contributed by atoms with Crippen LogP contribution in [0.1, 0.15) is 265 Å². The Morgan fingerprint density at radius 1 is 0.328 bits per heavy atom. The standard InChI is InChI=1S/C55H98O6/c1-4-7-10-13-16-19-22-25-27-29-30-33-36-39-42-45-48-54(57)60-51-52(50-59-53(56)47-44-41-38-35-32-24-21-18-15-12-9-6-3)61-55(58)49-46-43-40-37-34-31-28-26-23-20-17-14-11-8-5-2/h17-18,20-21,26,28,34,37,52H,4-16,19,22-25,27,29-33,35-36,38-51H2,1-3H3/b20-17-,21-18-,28-26-,37-34-/t52-/m1/s1. The monoisotopic (exact) mass is 855 g/mol. The normalized spacial score (nSPS) is 12.4. The largest absolute Gasteiger partial charge is 0.462 e. The molecule has 61 heavy (non-hydrogen) atoms. The first-order valence-corrected chi connectivity index (χ1v) is 26.1. The van der Waals surface area contributed by atoms with Crippen molar-refractivity contribution in [2.75, 3.05) is 13.2 Å². The second-order valence-corrected chi connectivity index (χ2v) is 17.4. The highest BCUT2D eigenvalue weighted by Gasteiger charge is 2.19. The summed E-state index contributed by atoms with van der Waals surface area (Å²) in [5.41, 5.74) is 0. The van der Waals surface area contributed by atoms with E-state index in [-0.39, 0.29) is 37.5 Å². The van der Waals surface area contributed by atoms with Crippen molar-refractivity contribution >= 4 is 17.9 Å². The third kappa shape index (κ3) is 48.3. The summed E-state index contributed by atoms with van der Waals surface area (Å²) >= 11 is 0. The van der Waals surface area contributed by atoms with Crippen molar-refractivity contribution < 1.29 is 28.6 Å². The molecule has 354 valence electrons. The lowest BCUT2D eigenvalue weighted by molar-refractivity contribution is -0.167. The fourth-order valence-corrected chi connectivity index (χ4v) is 7.33. The van der Waals surface area contributed by atoms with Crippen LogP contribution in [0.15, 0.2) is 48.6 Å². The second kappa shape index (κ2) is 50.0. The minimum Gasteiger partial charge on any atom is -0.462 e. The minimum atomic E-state index is -0.793. The predicted molar refractivity (Wildman–Crippen MR) is 261 cm³/mol. The molecule has 0 fully saturated rings. The number of hydrogen-bond acceptors (Lipinski definition) is 6. The number of hydrogen-bond donors (Lipinski definition) is 0. The van der Waals surface area contributed by atoms with E-state index in [1.54, 1.807) is 0 Å². The maximum atomic E-state index is 12.8. The third-order valence-electron chi connectivity index (χ3n) is 11.3. The van der Waals surface area contributed by atoms with Gasteiger partial charge in [-0.2, -0.15) is 0 Å². The maximum absolute atomic E-state index is 12.8. The second-order valence-electron chi connectivity index (χ2n) is 17.4. The van der Waals surface area contributed by atoms with Crippen molar-refractivity contribution in [3.8, 4) is 0 Å². The van der Waals surface area contributed by atoms with Gasteiger partial charge in [0.2, 0.25) is 0 Å². The highest BCUT2D eigenvalue weighted by atomic mass is 16.6. The number of esters is 3. The molecule has 0 N–H and O–H groups in total. The van der Waals surface area contributed by atoms with Crippen molar-refractivity contribution in [1.29, 1.82) is 0 Å². The van der Waals surface area contributed by atoms with Crippen LogP contribution in [0, 0.1) is 0 Å². The van der Waals surface area contributed by atoms with Crippen LogP contribution in [-0.4, -0.2) is 37.2 Å². The molecule has 0 bridgehead atoms. The number of carbonyl (C=O) groups is 3. The van der Waals surface area contributed by atoms with Crippen molar-refractivity contribution in [1.82, 2.24) is 0 Å². The zero-order chi connectivity index (χ0) is 44.4. The van der Waals surface area contributed by atoms with Gasteiger partial charge in [0.05, 0.1) is 0 Å². The summed E-state index contributed by atoms with van der Waals surface area (Å²) in [5.74, 6) is -0.929. The van der Waals surface area contributed by atoms with Crippen LogP contribution in [0.2, 0.25) is 0 Å². The molecule has 1 atom stereocenters. The summed E-state index contributed by atoms with van der Waals surface area (Å²) in [5, 5.41) is 0. The van der Waals surface area contributed by atoms with Crippen LogP contribution in [0.3, 0.4) is 0 Å². The molecule has 0 amide bonds. The average molecular weight is 855 g/mol. The summed E-state index contributed by atoms with van der Waals surface area (Å²) in [7, 11) is 0. The van der Waals surface area contributed by atoms with Gasteiger partial charge in [-0.3, -0.25) is 14.4 Å². The third-order valence-corrected chi connectivity index (χ3v) is 11.3. The molecule has 0 rings (SSSR count). The highest BCUT2D eigenvalue weighted by molar-refractivity contribution is 5.71. The molecule has 0 heterocycles. The summed E-state index contributed by atoms with van der Waals surface area (Å²) in [6.07, 6.45) is 59.5. The SMILES string of the molecule is CCCCC/C=C\C/C=C\C/C=C\CCCCC(=O)O[C@H](COC(=O)CCCCCCC/C=C\CCCCC)COC(=O)CCCCCCCCCCCCCCCCCC. The van der Waals surface area contributed by atoms with Gasteiger partial charge >= 0.3 is 17.9 Å². The Morgan fingerprint density at radius 2 is 0.590 bits per heavy atom. The number of rotatable bonds is 47. The molecule has 0 aromatic carbocycles. The van der Waals surface area contributed by atoms with Crippen LogP contribution >= 0.6 is 0 Å². The van der Waals surface area contributed by atoms with E-state index in [2.05, 4.69) is 69.4 Å². The molecule has 0 aliphatic carbocycles. The van der Waals surface area contributed by atoms with E-state index in [4.69, 9.17) is 14.2 Å². The first-order chi connectivity index (χ1) is 30.0. The molecule has 0 spiro atoms. The lowest BCUT2D eigenvalue weighted by Crippen LogP contribution is -2.30. The van der Waals surface area contributed by atoms with Gasteiger partial charge in [-0.15, -0.1) is 0 Å². The van der Waals surface area contributed by atoms with E-state index >= 15 is 0 Å². The summed E-state index contributed by atoms with van der Waals surface area (Å²) in [4.78, 5) is 37.9. The number of ether oxygens (including phenoxy) is 3. The van der Waals surface area contributed by atoms with Gasteiger partial charge in [-0.25, -0.2) is 0 Å². The molecule has 6 heteroatoms. The zero-order valence-electron chi connectivity index (χ0n) is 40.4. The first-order valence-electron chi connectivity index (χ1n) is 26.1. The molecule has 0 saturated heterocycles. The van der Waals surface area contributed by atoms with Crippen LogP contribution < -0.4 is 0 Å². The molecule has 0 aliphatic heterocycles. The van der Waals surface area contributed by atoms with Crippen LogP contribution in [0.5, 0.6) is 0 Å². The van der Waals surface area contributed by atoms with Crippen molar-refractivity contribution in [3.63, 3.8) is 0 Å². The van der Waals surface area contributed by atoms with E-state index in [1.807, 2.05) is 0 Å². The van der Waals surface area contributed by atoms with Gasteiger partial charge in [0.1, 0.15) is 13.2 Å². The zero-order valence-corrected chi connectivity index (χ0v) is 40.4. The van der Waals surface area contributed by atoms with E-state index in [1.165, 1.54) is 148 Å². The Bertz CT molecular complexity index is 1070. The van der Waals surface area contributed by atoms with Crippen LogP contribution in [-0.2, 0) is 28.6 Å². The van der Waals surface area contributed by atoms with Crippen LogP contribution in [0.4, 0.5) is 0 Å². The first kappa shape index (κ1) is 58.4. The average Bonchev–Trinajstić information content (AvgIpc) is 3.26. The van der Waals surface area contributed by atoms with Gasteiger partial charge in [-0.05, 0) is 83.5 Å². The summed E-state index contributed by atoms with van der Waals surface area (Å²) in [6.45, 7) is 6.56. The van der Waals surface area contributed by atoms with Gasteiger partial charge in [0.15, 0.2) is 6.10 Å². The lowest BCUT2D eigenvalue weighted by Gasteiger charge is -2.18. The molecule has 0 radical (unpaired) electrons. The number of unbranched alkanes of at least 4 members (excludes halogenated alkanes) is 28. The topological polar surface area (TPSA) is 78.9 Å². The molecule has 0 aliphatic rings. The summed E-state index contributed by atoms with van der Waals surface area (Å²) in [6, 6.07) is 0. The van der Waals surface area contributed by atoms with Crippen LogP contribution in [0.25, 0.3) is 0 Å². The van der Waals surface area contributed by atoms with Gasteiger partial charge in [0, 0.05) is 19.3 Å². The van der Waals surface area contributed by atoms with E-state index in [9.17, 15) is 14.4 Å². The Labute approximate surface area is 378 Å². The molecule has 0 unspecified atom stereocenters. The quantitative estimate of drug-likeness (QED) is 0.0263. The Balaban J connectivity index is 4.41. The smallest absolute Gasteiger partial charge is 0.306 e. The minimum absolute atomic E-state index is 0.0886. The molecular weight excluding hydrogens is 757 g/mol. The molecule has 0 aromatic rings. The Morgan fingerprint density at radius 3 is 1.00 bits per heavy atom. The molecular formula is C55H98O6. The van der Waals surface area contributed by atoms with E-state index in [0.717, 1.165) is 70.6 Å². The summed E-state index contributed by atoms with van der Waals surface area (Å²) < 4.78 is 16.8. The van der Waals surface area contributed by atoms with Crippen molar-refractivity contribution in [2.24, 2.45) is 0 Å². The van der Waals surface area contributed by atoms with Gasteiger partial charge < -0.3 is 14.2 Å². The molecule has 0 aromatic heterocycles. The fraction of sp³-hybridized carbons (Fsp3) is 0.800. The predicted octanol–water partition coefficient (Wildman–Crippen LogP) is 17.1. The van der Waals surface area contributed by atoms with E-state index in [0.29, 0.717) is 19.3 Å². The van der Waals surface area contributed by atoms with E-state index < -0.39 is 6.10 Å². The fourth-order valence-electron chi connectivity index (χ4n) is 7.33. The number of allylic oxidation sites excluding steroid dienone is 8. The maximum Gasteiger partial charge on any atom is 0.306 e. The van der Waals surface area contributed by atoms with Gasteiger partial charge in [0.25, 0.3) is 0 Å². The van der Waals surface area contributed by atoms with Crippen molar-refractivity contribution in [2.45, 2.75) is 271 Å². The lowest BCUT2D eigenvalue weighted by atomic mass is 10.0. The highest BCUT2D eigenvalue weighted by Crippen LogP contribution is 2.15. The Kier molecular flexibility index (Phi) is 47.9. The molecule has 0 saturated carbocycles. The Hall–Kier alpha value is -2.63. The van der Waals surface area contributed by atoms with Gasteiger partial charge in [-0.1, -0.05) is 211 Å². The van der Waals surface area contributed by atoms with Crippen molar-refractivity contribution in [3.05, 3.63) is 48.6 Å².